The highest BCUT2D eigenvalue weighted by Crippen LogP contribution is 2.28. The van der Waals surface area contributed by atoms with Gasteiger partial charge in [-0.25, -0.2) is 8.78 Å². The molecule has 3 rings (SSSR count). The molecule has 0 unspecified atom stereocenters. The highest BCUT2D eigenvalue weighted by Gasteiger charge is 2.09. The second-order valence-electron chi connectivity index (χ2n) is 5.88. The van der Waals surface area contributed by atoms with E-state index in [0.717, 1.165) is 29.5 Å². The third-order valence-electron chi connectivity index (χ3n) is 4.12. The molecule has 0 radical (unpaired) electrons. The summed E-state index contributed by atoms with van der Waals surface area (Å²) in [5.74, 6) is -1.47. The van der Waals surface area contributed by atoms with E-state index in [-0.39, 0.29) is 0 Å². The van der Waals surface area contributed by atoms with Crippen molar-refractivity contribution in [2.75, 3.05) is 5.73 Å². The predicted octanol–water partition coefficient (Wildman–Crippen LogP) is 5.83. The van der Waals surface area contributed by atoms with Gasteiger partial charge in [0.25, 0.3) is 0 Å². The van der Waals surface area contributed by atoms with Crippen molar-refractivity contribution in [2.45, 2.75) is 19.8 Å². The fraction of sp³-hybridized carbons (Fsp3) is 0.143. The van der Waals surface area contributed by atoms with Gasteiger partial charge in [-0.15, -0.1) is 0 Å². The van der Waals surface area contributed by atoms with Gasteiger partial charge in [-0.3, -0.25) is 0 Å². The lowest BCUT2D eigenvalue weighted by atomic mass is 9.98. The molecule has 3 heteroatoms. The molecule has 0 saturated carbocycles. The molecule has 3 aromatic rings. The molecule has 0 fully saturated rings. The molecule has 0 aliphatic heterocycles. The highest BCUT2D eigenvalue weighted by atomic mass is 19.1. The Labute approximate surface area is 140 Å². The summed E-state index contributed by atoms with van der Waals surface area (Å²) in [5.41, 5.74) is 9.61. The van der Waals surface area contributed by atoms with Crippen molar-refractivity contribution in [1.82, 2.24) is 0 Å². The fourth-order valence-corrected chi connectivity index (χ4v) is 2.76. The van der Waals surface area contributed by atoms with E-state index < -0.39 is 17.3 Å². The van der Waals surface area contributed by atoms with Crippen molar-refractivity contribution in [2.24, 2.45) is 0 Å². The minimum atomic E-state index is -0.736. The Bertz CT molecular complexity index is 814. The van der Waals surface area contributed by atoms with Crippen LogP contribution in [0.15, 0.2) is 60.7 Å². The van der Waals surface area contributed by atoms with Crippen molar-refractivity contribution in [3.8, 4) is 22.3 Å². The zero-order valence-corrected chi connectivity index (χ0v) is 13.5. The van der Waals surface area contributed by atoms with Crippen LogP contribution in [0.25, 0.3) is 22.3 Å². The molecular weight excluding hydrogens is 304 g/mol. The van der Waals surface area contributed by atoms with Crippen LogP contribution in [-0.4, -0.2) is 0 Å². The van der Waals surface area contributed by atoms with Crippen LogP contribution in [0.2, 0.25) is 0 Å². The van der Waals surface area contributed by atoms with Crippen LogP contribution in [0.1, 0.15) is 18.9 Å². The molecule has 1 nitrogen and oxygen atoms in total. The Morgan fingerprint density at radius 3 is 1.58 bits per heavy atom. The summed E-state index contributed by atoms with van der Waals surface area (Å²) in [6.45, 7) is 2.16. The molecule has 0 bridgehead atoms. The summed E-state index contributed by atoms with van der Waals surface area (Å²) in [4.78, 5) is 0. The van der Waals surface area contributed by atoms with Crippen molar-refractivity contribution >= 4 is 5.69 Å². The van der Waals surface area contributed by atoms with Gasteiger partial charge in [-0.05, 0) is 46.4 Å². The normalized spacial score (nSPS) is 10.8. The van der Waals surface area contributed by atoms with Gasteiger partial charge in [0.05, 0.1) is 0 Å². The number of aryl methyl sites for hydroxylation is 1. The molecule has 24 heavy (non-hydrogen) atoms. The summed E-state index contributed by atoms with van der Waals surface area (Å²) in [6.07, 6.45) is 2.20. The van der Waals surface area contributed by atoms with Gasteiger partial charge in [-0.1, -0.05) is 61.9 Å². The van der Waals surface area contributed by atoms with E-state index in [0.29, 0.717) is 5.56 Å². The lowest BCUT2D eigenvalue weighted by molar-refractivity contribution is 0.592. The number of benzene rings is 3. The maximum absolute atomic E-state index is 13.6. The molecule has 2 N–H and O–H groups in total. The van der Waals surface area contributed by atoms with E-state index in [1.54, 1.807) is 0 Å². The van der Waals surface area contributed by atoms with Gasteiger partial charge in [0.2, 0.25) is 0 Å². The first-order valence-corrected chi connectivity index (χ1v) is 8.02. The summed E-state index contributed by atoms with van der Waals surface area (Å²) < 4.78 is 27.2. The van der Waals surface area contributed by atoms with Crippen LogP contribution in [0.3, 0.4) is 0 Å². The minimum absolute atomic E-state index is 0.442. The van der Waals surface area contributed by atoms with Gasteiger partial charge in [-0.2, -0.15) is 0 Å². The van der Waals surface area contributed by atoms with E-state index in [9.17, 15) is 8.78 Å². The Hall–Kier alpha value is -2.68. The Kier molecular flexibility index (Phi) is 4.61. The number of nitrogen functional groups attached to an aromatic ring is 1. The van der Waals surface area contributed by atoms with E-state index in [1.165, 1.54) is 17.7 Å². The molecule has 0 aromatic heterocycles. The predicted molar refractivity (Wildman–Crippen MR) is 95.6 cm³/mol. The SMILES string of the molecule is CCCc1ccc(-c2ccc(-c3cc(F)c(N)c(F)c3)cc2)cc1. The summed E-state index contributed by atoms with van der Waals surface area (Å²) >= 11 is 0. The van der Waals surface area contributed by atoms with Crippen LogP contribution < -0.4 is 5.73 Å². The summed E-state index contributed by atoms with van der Waals surface area (Å²) in [5, 5.41) is 0. The summed E-state index contributed by atoms with van der Waals surface area (Å²) in [6, 6.07) is 18.6. The first-order chi connectivity index (χ1) is 11.6. The second-order valence-corrected chi connectivity index (χ2v) is 5.88. The largest absolute Gasteiger partial charge is 0.394 e. The number of anilines is 1. The van der Waals surface area contributed by atoms with Crippen LogP contribution in [0, 0.1) is 11.6 Å². The smallest absolute Gasteiger partial charge is 0.149 e. The number of rotatable bonds is 4. The monoisotopic (exact) mass is 323 g/mol. The molecule has 3 aromatic carbocycles. The first-order valence-electron chi connectivity index (χ1n) is 8.02. The van der Waals surface area contributed by atoms with E-state index in [2.05, 4.69) is 31.2 Å². The third kappa shape index (κ3) is 3.30. The molecule has 0 amide bonds. The molecule has 0 aliphatic rings. The zero-order chi connectivity index (χ0) is 17.1. The standard InChI is InChI=1S/C21H19F2N/c1-2-3-14-4-6-15(7-5-14)16-8-10-17(11-9-16)18-12-19(22)21(24)20(23)13-18/h4-13H,2-3,24H2,1H3. The van der Waals surface area contributed by atoms with E-state index in [4.69, 9.17) is 5.73 Å². The van der Waals surface area contributed by atoms with Crippen LogP contribution in [0.4, 0.5) is 14.5 Å². The van der Waals surface area contributed by atoms with Crippen molar-refractivity contribution < 1.29 is 8.78 Å². The van der Waals surface area contributed by atoms with Gasteiger partial charge < -0.3 is 5.73 Å². The average Bonchev–Trinajstić information content (AvgIpc) is 2.60. The number of nitrogens with two attached hydrogens (primary N) is 1. The molecular formula is C21H19F2N. The molecule has 0 atom stereocenters. The quantitative estimate of drug-likeness (QED) is 0.600. The van der Waals surface area contributed by atoms with Gasteiger partial charge in [0.1, 0.15) is 17.3 Å². The van der Waals surface area contributed by atoms with Gasteiger partial charge in [0, 0.05) is 0 Å². The molecule has 0 spiro atoms. The molecule has 0 aliphatic carbocycles. The molecule has 0 heterocycles. The lowest BCUT2D eigenvalue weighted by Gasteiger charge is -2.08. The average molecular weight is 323 g/mol. The van der Waals surface area contributed by atoms with Crippen LogP contribution in [-0.2, 0) is 6.42 Å². The zero-order valence-electron chi connectivity index (χ0n) is 13.5. The van der Waals surface area contributed by atoms with Gasteiger partial charge >= 0.3 is 0 Å². The van der Waals surface area contributed by atoms with E-state index in [1.807, 2.05) is 24.3 Å². The van der Waals surface area contributed by atoms with Crippen LogP contribution >= 0.6 is 0 Å². The summed E-state index contributed by atoms with van der Waals surface area (Å²) in [7, 11) is 0. The van der Waals surface area contributed by atoms with Crippen molar-refractivity contribution in [1.29, 1.82) is 0 Å². The van der Waals surface area contributed by atoms with Gasteiger partial charge in [0.15, 0.2) is 0 Å². The molecule has 0 saturated heterocycles. The first kappa shape index (κ1) is 16.2. The van der Waals surface area contributed by atoms with E-state index >= 15 is 0 Å². The lowest BCUT2D eigenvalue weighted by Crippen LogP contribution is -1.96. The Morgan fingerprint density at radius 1 is 0.708 bits per heavy atom. The minimum Gasteiger partial charge on any atom is -0.394 e. The Balaban J connectivity index is 1.88. The topological polar surface area (TPSA) is 26.0 Å². The number of halogens is 2. The highest BCUT2D eigenvalue weighted by molar-refractivity contribution is 5.71. The Morgan fingerprint density at radius 2 is 1.12 bits per heavy atom. The molecule has 122 valence electrons. The fourth-order valence-electron chi connectivity index (χ4n) is 2.76. The number of hydrogen-bond donors (Lipinski definition) is 1. The number of hydrogen-bond acceptors (Lipinski definition) is 1. The van der Waals surface area contributed by atoms with Crippen LogP contribution in [0.5, 0.6) is 0 Å². The van der Waals surface area contributed by atoms with Crippen molar-refractivity contribution in [3.05, 3.63) is 77.9 Å². The second kappa shape index (κ2) is 6.83. The maximum atomic E-state index is 13.6. The maximum Gasteiger partial charge on any atom is 0.149 e. The third-order valence-corrected chi connectivity index (χ3v) is 4.12. The van der Waals surface area contributed by atoms with Crippen molar-refractivity contribution in [3.63, 3.8) is 0 Å².